The summed E-state index contributed by atoms with van der Waals surface area (Å²) in [5.41, 5.74) is 1.66. The number of methoxy groups -OCH3 is 1. The Morgan fingerprint density at radius 2 is 1.74 bits per heavy atom. The molecular weight excluding hydrogens is 416 g/mol. The van der Waals surface area contributed by atoms with Crippen LogP contribution < -0.4 is 0 Å². The number of benzene rings is 1. The molecule has 0 unspecified atom stereocenters. The summed E-state index contributed by atoms with van der Waals surface area (Å²) in [5, 5.41) is 32.5. The van der Waals surface area contributed by atoms with Gasteiger partial charge >= 0.3 is 0 Å². The molecular formula is C23H36O7Si. The van der Waals surface area contributed by atoms with E-state index in [2.05, 4.69) is 33.9 Å². The maximum Gasteiger partial charge on any atom is 0.192 e. The highest BCUT2D eigenvalue weighted by Crippen LogP contribution is 2.38. The largest absolute Gasteiger partial charge is 0.414 e. The molecule has 1 aromatic rings. The molecule has 7 atom stereocenters. The second-order valence-corrected chi connectivity index (χ2v) is 14.6. The molecule has 0 aromatic heterocycles. The zero-order chi connectivity index (χ0) is 23.0. The lowest BCUT2D eigenvalue weighted by molar-refractivity contribution is -0.307. The average molecular weight is 453 g/mol. The van der Waals surface area contributed by atoms with Gasteiger partial charge in [0.2, 0.25) is 0 Å². The number of aliphatic hydroxyl groups excluding tert-OH is 3. The van der Waals surface area contributed by atoms with E-state index in [4.69, 9.17) is 18.6 Å². The summed E-state index contributed by atoms with van der Waals surface area (Å²) in [6, 6.07) is 7.51. The van der Waals surface area contributed by atoms with Crippen molar-refractivity contribution >= 4 is 14.4 Å². The molecule has 0 radical (unpaired) electrons. The first-order valence-electron chi connectivity index (χ1n) is 10.8. The van der Waals surface area contributed by atoms with Crippen LogP contribution in [0.2, 0.25) is 18.1 Å². The van der Waals surface area contributed by atoms with Crippen molar-refractivity contribution in [2.75, 3.05) is 13.7 Å². The van der Waals surface area contributed by atoms with Crippen LogP contribution in [-0.4, -0.2) is 74.2 Å². The van der Waals surface area contributed by atoms with Crippen LogP contribution in [0, 0.1) is 0 Å². The lowest BCUT2D eigenvalue weighted by Gasteiger charge is -2.45. The number of hydrogen-bond acceptors (Lipinski definition) is 7. The normalized spacial score (nSPS) is 33.9. The van der Waals surface area contributed by atoms with Crippen molar-refractivity contribution < 1.29 is 34.0 Å². The van der Waals surface area contributed by atoms with Gasteiger partial charge in [-0.2, -0.15) is 0 Å². The Hall–Kier alpha value is -1.10. The van der Waals surface area contributed by atoms with Crippen LogP contribution in [0.15, 0.2) is 30.3 Å². The molecule has 7 nitrogen and oxygen atoms in total. The quantitative estimate of drug-likeness (QED) is 0.571. The van der Waals surface area contributed by atoms with Crippen LogP contribution in [0.5, 0.6) is 0 Å². The smallest absolute Gasteiger partial charge is 0.192 e. The van der Waals surface area contributed by atoms with Gasteiger partial charge in [-0.1, -0.05) is 57.2 Å². The van der Waals surface area contributed by atoms with E-state index in [1.54, 1.807) is 6.08 Å². The second-order valence-electron chi connectivity index (χ2n) is 9.83. The zero-order valence-electron chi connectivity index (χ0n) is 19.2. The monoisotopic (exact) mass is 452 g/mol. The molecule has 31 heavy (non-hydrogen) atoms. The van der Waals surface area contributed by atoms with Crippen LogP contribution in [0.1, 0.15) is 38.0 Å². The van der Waals surface area contributed by atoms with E-state index >= 15 is 0 Å². The Morgan fingerprint density at radius 3 is 2.39 bits per heavy atom. The Labute approximate surface area is 185 Å². The maximum atomic E-state index is 11.0. The number of hydrogen-bond donors (Lipinski definition) is 3. The predicted molar refractivity (Wildman–Crippen MR) is 120 cm³/mol. The highest BCUT2D eigenvalue weighted by Gasteiger charge is 2.48. The summed E-state index contributed by atoms with van der Waals surface area (Å²) in [6.07, 6.45) is -3.11. The van der Waals surface area contributed by atoms with Crippen LogP contribution in [0.3, 0.4) is 0 Å². The standard InChI is InChI=1S/C23H36O7Si/c1-23(2,3)31(5,6)28-13-17-19(25)21(20(26)22(27-4)30-17)29-16-12-11-14-9-7-8-10-15(14)18(16)24/h7-12,16-22,24-26H,13H2,1-6H3/t16-,17+,18-,19-,20+,21-,22-/m0/s1. The molecule has 3 rings (SSSR count). The van der Waals surface area contributed by atoms with Gasteiger partial charge in [-0.25, -0.2) is 0 Å². The van der Waals surface area contributed by atoms with Gasteiger partial charge in [-0.05, 0) is 29.3 Å². The first kappa shape index (κ1) is 24.5. The summed E-state index contributed by atoms with van der Waals surface area (Å²) in [4.78, 5) is 0. The summed E-state index contributed by atoms with van der Waals surface area (Å²) < 4.78 is 23.4. The molecule has 1 aliphatic heterocycles. The third-order valence-electron chi connectivity index (χ3n) is 6.69. The summed E-state index contributed by atoms with van der Waals surface area (Å²) >= 11 is 0. The molecule has 0 spiro atoms. The van der Waals surface area contributed by atoms with Crippen LogP contribution >= 0.6 is 0 Å². The predicted octanol–water partition coefficient (Wildman–Crippen LogP) is 2.62. The van der Waals surface area contributed by atoms with Crippen LogP contribution in [0.4, 0.5) is 0 Å². The number of ether oxygens (including phenoxy) is 3. The molecule has 174 valence electrons. The van der Waals surface area contributed by atoms with E-state index < -0.39 is 51.2 Å². The molecule has 2 aliphatic rings. The van der Waals surface area contributed by atoms with Crippen LogP contribution in [-0.2, 0) is 18.6 Å². The summed E-state index contributed by atoms with van der Waals surface area (Å²) in [5.74, 6) is 0. The van der Waals surface area contributed by atoms with E-state index in [0.717, 1.165) is 11.1 Å². The van der Waals surface area contributed by atoms with Gasteiger partial charge in [0, 0.05) is 7.11 Å². The van der Waals surface area contributed by atoms with E-state index in [-0.39, 0.29) is 11.6 Å². The molecule has 0 saturated carbocycles. The zero-order valence-corrected chi connectivity index (χ0v) is 20.2. The first-order valence-corrected chi connectivity index (χ1v) is 13.7. The van der Waals surface area contributed by atoms with Crippen molar-refractivity contribution in [2.24, 2.45) is 0 Å². The Balaban J connectivity index is 1.74. The second kappa shape index (κ2) is 9.41. The fraction of sp³-hybridized carbons (Fsp3) is 0.652. The molecule has 8 heteroatoms. The molecule has 1 heterocycles. The van der Waals surface area contributed by atoms with Crippen molar-refractivity contribution in [3.05, 3.63) is 41.5 Å². The molecule has 1 aliphatic carbocycles. The van der Waals surface area contributed by atoms with Gasteiger partial charge < -0.3 is 34.0 Å². The minimum absolute atomic E-state index is 0.00703. The van der Waals surface area contributed by atoms with Gasteiger partial charge in [-0.3, -0.25) is 0 Å². The lowest BCUT2D eigenvalue weighted by Crippen LogP contribution is -2.61. The molecule has 1 saturated heterocycles. The van der Waals surface area contributed by atoms with Crippen molar-refractivity contribution in [1.29, 1.82) is 0 Å². The van der Waals surface area contributed by atoms with E-state index in [1.807, 2.05) is 30.3 Å². The van der Waals surface area contributed by atoms with Gasteiger partial charge in [-0.15, -0.1) is 0 Å². The minimum Gasteiger partial charge on any atom is -0.414 e. The van der Waals surface area contributed by atoms with Gasteiger partial charge in [0.15, 0.2) is 14.6 Å². The Kier molecular flexibility index (Phi) is 7.45. The highest BCUT2D eigenvalue weighted by molar-refractivity contribution is 6.74. The topological polar surface area (TPSA) is 97.6 Å². The third-order valence-corrected chi connectivity index (χ3v) is 11.2. The number of aliphatic hydroxyl groups is 3. The fourth-order valence-corrected chi connectivity index (χ4v) is 4.63. The van der Waals surface area contributed by atoms with E-state index in [0.29, 0.717) is 0 Å². The molecule has 1 aromatic carbocycles. The third kappa shape index (κ3) is 5.12. The van der Waals surface area contributed by atoms with Crippen molar-refractivity contribution in [3.63, 3.8) is 0 Å². The van der Waals surface area contributed by atoms with Crippen molar-refractivity contribution in [1.82, 2.24) is 0 Å². The Morgan fingerprint density at radius 1 is 1.06 bits per heavy atom. The average Bonchev–Trinajstić information content (AvgIpc) is 2.71. The van der Waals surface area contributed by atoms with Crippen molar-refractivity contribution in [2.45, 2.75) is 81.8 Å². The lowest BCUT2D eigenvalue weighted by atomic mass is 9.92. The van der Waals surface area contributed by atoms with Crippen LogP contribution in [0.25, 0.3) is 6.08 Å². The molecule has 0 bridgehead atoms. The summed E-state index contributed by atoms with van der Waals surface area (Å²) in [6.45, 7) is 10.8. The molecule has 3 N–H and O–H groups in total. The summed E-state index contributed by atoms with van der Waals surface area (Å²) in [7, 11) is -0.639. The van der Waals surface area contributed by atoms with Crippen molar-refractivity contribution in [3.8, 4) is 0 Å². The first-order chi connectivity index (χ1) is 14.5. The fourth-order valence-electron chi connectivity index (χ4n) is 3.62. The SMILES string of the molecule is CO[C@H]1O[C@H](CO[Si](C)(C)C(C)(C)C)[C@H](O)[C@H](O[C@H]2C=Cc3ccccc3[C@@H]2O)[C@H]1O. The number of rotatable bonds is 6. The Bertz CT molecular complexity index is 775. The van der Waals surface area contributed by atoms with Gasteiger partial charge in [0.1, 0.15) is 36.6 Å². The van der Waals surface area contributed by atoms with E-state index in [9.17, 15) is 15.3 Å². The number of fused-ring (bicyclic) bond motifs is 1. The van der Waals surface area contributed by atoms with Gasteiger partial charge in [0.05, 0.1) is 6.61 Å². The highest BCUT2D eigenvalue weighted by atomic mass is 28.4. The van der Waals surface area contributed by atoms with Gasteiger partial charge in [0.25, 0.3) is 0 Å². The minimum atomic E-state index is -2.07. The molecule has 0 amide bonds. The maximum absolute atomic E-state index is 11.0. The molecule has 1 fully saturated rings. The van der Waals surface area contributed by atoms with E-state index in [1.165, 1.54) is 7.11 Å².